The lowest BCUT2D eigenvalue weighted by Crippen LogP contribution is -2.29. The molecule has 7 heteroatoms. The molecule has 2 atom stereocenters. The first-order valence-electron chi connectivity index (χ1n) is 7.42. The summed E-state index contributed by atoms with van der Waals surface area (Å²) in [6.07, 6.45) is 3.66. The SMILES string of the molecule is CCCCNc1ccn([C@@H]2CS[C@H](COCC)O2)c(=O)n1. The van der Waals surface area contributed by atoms with Crippen LogP contribution < -0.4 is 11.0 Å². The molecule has 1 N–H and O–H groups in total. The number of ether oxygens (including phenoxy) is 2. The van der Waals surface area contributed by atoms with Crippen LogP contribution >= 0.6 is 11.8 Å². The Morgan fingerprint density at radius 2 is 2.43 bits per heavy atom. The summed E-state index contributed by atoms with van der Waals surface area (Å²) in [6.45, 7) is 6.14. The van der Waals surface area contributed by atoms with Crippen LogP contribution in [0.1, 0.15) is 32.9 Å². The molecule has 1 aliphatic heterocycles. The second-order valence-electron chi connectivity index (χ2n) is 4.80. The topological polar surface area (TPSA) is 65.4 Å². The van der Waals surface area contributed by atoms with Crippen molar-refractivity contribution in [3.05, 3.63) is 22.7 Å². The predicted octanol–water partition coefficient (Wildman–Crippen LogP) is 2.08. The standard InChI is InChI=1S/C14H23N3O3S/c1-3-5-7-15-11-6-8-17(14(18)16-11)12-10-21-13(20-12)9-19-4-2/h6,8,12-13H,3-5,7,9-10H2,1-2H3,(H,15,16,18)/t12-,13+/m0/s1. The second-order valence-corrected chi connectivity index (χ2v) is 5.99. The Bertz CT molecular complexity index is 495. The van der Waals surface area contributed by atoms with Crippen LogP contribution in [-0.2, 0) is 9.47 Å². The minimum absolute atomic E-state index is 0.00999. The van der Waals surface area contributed by atoms with Crippen LogP contribution in [0.2, 0.25) is 0 Å². The minimum atomic E-state index is -0.279. The summed E-state index contributed by atoms with van der Waals surface area (Å²) in [6, 6.07) is 1.82. The van der Waals surface area contributed by atoms with Gasteiger partial charge in [-0.3, -0.25) is 4.57 Å². The Morgan fingerprint density at radius 3 is 3.14 bits per heavy atom. The fourth-order valence-corrected chi connectivity index (χ4v) is 3.03. The van der Waals surface area contributed by atoms with Gasteiger partial charge in [0.05, 0.1) is 6.61 Å². The third-order valence-corrected chi connectivity index (χ3v) is 4.26. The molecule has 2 rings (SSSR count). The minimum Gasteiger partial charge on any atom is -0.378 e. The summed E-state index contributed by atoms with van der Waals surface area (Å²) in [5.41, 5.74) is -0.289. The van der Waals surface area contributed by atoms with Crippen LogP contribution in [-0.4, -0.2) is 40.5 Å². The highest BCUT2D eigenvalue weighted by atomic mass is 32.2. The molecule has 0 saturated carbocycles. The monoisotopic (exact) mass is 313 g/mol. The van der Waals surface area contributed by atoms with E-state index in [1.54, 1.807) is 22.5 Å². The largest absolute Gasteiger partial charge is 0.378 e. The number of aromatic nitrogens is 2. The van der Waals surface area contributed by atoms with Gasteiger partial charge in [-0.25, -0.2) is 4.79 Å². The van der Waals surface area contributed by atoms with E-state index in [-0.39, 0.29) is 17.4 Å². The van der Waals surface area contributed by atoms with Crippen molar-refractivity contribution in [3.63, 3.8) is 0 Å². The zero-order valence-corrected chi connectivity index (χ0v) is 13.4. The molecule has 2 heterocycles. The quantitative estimate of drug-likeness (QED) is 0.741. The Hall–Kier alpha value is -1.05. The zero-order valence-electron chi connectivity index (χ0n) is 12.6. The number of nitrogens with one attached hydrogen (secondary N) is 1. The maximum absolute atomic E-state index is 12.1. The first-order valence-corrected chi connectivity index (χ1v) is 8.47. The van der Waals surface area contributed by atoms with Gasteiger partial charge in [0.15, 0.2) is 0 Å². The van der Waals surface area contributed by atoms with E-state index in [0.717, 1.165) is 25.1 Å². The molecular formula is C14H23N3O3S. The third-order valence-electron chi connectivity index (χ3n) is 3.17. The average molecular weight is 313 g/mol. The molecule has 1 fully saturated rings. The molecule has 0 unspecified atom stereocenters. The molecular weight excluding hydrogens is 290 g/mol. The Labute approximate surface area is 129 Å². The van der Waals surface area contributed by atoms with Gasteiger partial charge in [0.25, 0.3) is 0 Å². The lowest BCUT2D eigenvalue weighted by atomic mass is 10.3. The molecule has 1 aromatic heterocycles. The highest BCUT2D eigenvalue weighted by Crippen LogP contribution is 2.30. The van der Waals surface area contributed by atoms with E-state index in [1.165, 1.54) is 0 Å². The van der Waals surface area contributed by atoms with Gasteiger partial charge >= 0.3 is 5.69 Å². The summed E-state index contributed by atoms with van der Waals surface area (Å²) < 4.78 is 12.7. The number of hydrogen-bond acceptors (Lipinski definition) is 6. The summed E-state index contributed by atoms with van der Waals surface area (Å²) in [5, 5.41) is 3.15. The molecule has 1 saturated heterocycles. The molecule has 118 valence electrons. The van der Waals surface area contributed by atoms with Crippen LogP contribution in [0.3, 0.4) is 0 Å². The van der Waals surface area contributed by atoms with Crippen molar-refractivity contribution in [3.8, 4) is 0 Å². The molecule has 21 heavy (non-hydrogen) atoms. The maximum Gasteiger partial charge on any atom is 0.351 e. The average Bonchev–Trinajstić information content (AvgIpc) is 2.94. The van der Waals surface area contributed by atoms with Crippen LogP contribution in [0.15, 0.2) is 17.1 Å². The van der Waals surface area contributed by atoms with Crippen molar-refractivity contribution in [2.45, 2.75) is 38.4 Å². The molecule has 0 aromatic carbocycles. The number of thioether (sulfide) groups is 1. The van der Waals surface area contributed by atoms with Gasteiger partial charge in [0.2, 0.25) is 0 Å². The van der Waals surface area contributed by atoms with Crippen molar-refractivity contribution in [2.75, 3.05) is 30.8 Å². The lowest BCUT2D eigenvalue weighted by Gasteiger charge is -2.15. The summed E-state index contributed by atoms with van der Waals surface area (Å²) in [4.78, 5) is 16.1. The van der Waals surface area contributed by atoms with Gasteiger partial charge in [0.1, 0.15) is 17.5 Å². The van der Waals surface area contributed by atoms with E-state index >= 15 is 0 Å². The molecule has 0 aliphatic carbocycles. The van der Waals surface area contributed by atoms with Crippen LogP contribution in [0.5, 0.6) is 0 Å². The van der Waals surface area contributed by atoms with Gasteiger partial charge in [-0.1, -0.05) is 13.3 Å². The van der Waals surface area contributed by atoms with Crippen molar-refractivity contribution in [2.24, 2.45) is 0 Å². The lowest BCUT2D eigenvalue weighted by molar-refractivity contribution is -0.0226. The fourth-order valence-electron chi connectivity index (χ4n) is 2.01. The van der Waals surface area contributed by atoms with E-state index in [9.17, 15) is 4.79 Å². The second kappa shape index (κ2) is 8.41. The number of nitrogens with zero attached hydrogens (tertiary/aromatic N) is 2. The van der Waals surface area contributed by atoms with Gasteiger partial charge in [-0.15, -0.1) is 11.8 Å². The summed E-state index contributed by atoms with van der Waals surface area (Å²) in [7, 11) is 0. The summed E-state index contributed by atoms with van der Waals surface area (Å²) >= 11 is 1.66. The van der Waals surface area contributed by atoms with Crippen LogP contribution in [0, 0.1) is 0 Å². The van der Waals surface area contributed by atoms with Gasteiger partial charge in [0, 0.05) is 25.1 Å². The molecule has 0 spiro atoms. The molecule has 0 amide bonds. The maximum atomic E-state index is 12.1. The van der Waals surface area contributed by atoms with E-state index in [0.29, 0.717) is 19.0 Å². The first-order chi connectivity index (χ1) is 10.2. The van der Waals surface area contributed by atoms with Crippen molar-refractivity contribution in [1.29, 1.82) is 0 Å². The van der Waals surface area contributed by atoms with E-state index < -0.39 is 0 Å². The van der Waals surface area contributed by atoms with Gasteiger partial charge < -0.3 is 14.8 Å². The van der Waals surface area contributed by atoms with Gasteiger partial charge in [-0.2, -0.15) is 4.98 Å². The van der Waals surface area contributed by atoms with Gasteiger partial charge in [-0.05, 0) is 19.4 Å². The number of unbranched alkanes of at least 4 members (excludes halogenated alkanes) is 1. The number of hydrogen-bond donors (Lipinski definition) is 1. The molecule has 0 radical (unpaired) electrons. The normalized spacial score (nSPS) is 21.6. The first kappa shape index (κ1) is 16.3. The molecule has 1 aromatic rings. The third kappa shape index (κ3) is 4.72. The van der Waals surface area contributed by atoms with Crippen LogP contribution in [0.4, 0.5) is 5.82 Å². The van der Waals surface area contributed by atoms with E-state index in [4.69, 9.17) is 9.47 Å². The zero-order chi connectivity index (χ0) is 15.1. The van der Waals surface area contributed by atoms with Crippen LogP contribution in [0.25, 0.3) is 0 Å². The molecule has 0 bridgehead atoms. The highest BCUT2D eigenvalue weighted by Gasteiger charge is 2.28. The highest BCUT2D eigenvalue weighted by molar-refractivity contribution is 8.00. The number of anilines is 1. The number of rotatable bonds is 8. The van der Waals surface area contributed by atoms with E-state index in [2.05, 4.69) is 17.2 Å². The fraction of sp³-hybridized carbons (Fsp3) is 0.714. The van der Waals surface area contributed by atoms with Crippen molar-refractivity contribution >= 4 is 17.6 Å². The Morgan fingerprint density at radius 1 is 1.57 bits per heavy atom. The smallest absolute Gasteiger partial charge is 0.351 e. The molecule has 6 nitrogen and oxygen atoms in total. The van der Waals surface area contributed by atoms with Crippen molar-refractivity contribution < 1.29 is 9.47 Å². The summed E-state index contributed by atoms with van der Waals surface area (Å²) in [5.74, 6) is 1.36. The predicted molar refractivity (Wildman–Crippen MR) is 84.8 cm³/mol. The molecule has 1 aliphatic rings. The van der Waals surface area contributed by atoms with E-state index in [1.807, 2.05) is 13.0 Å². The van der Waals surface area contributed by atoms with Crippen molar-refractivity contribution in [1.82, 2.24) is 9.55 Å². The Kier molecular flexibility index (Phi) is 6.53. The Balaban J connectivity index is 1.93.